The van der Waals surface area contributed by atoms with Crippen molar-refractivity contribution in [3.63, 3.8) is 0 Å². The quantitative estimate of drug-likeness (QED) is 0.888. The predicted molar refractivity (Wildman–Crippen MR) is 74.5 cm³/mol. The molecule has 0 aliphatic heterocycles. The van der Waals surface area contributed by atoms with E-state index in [1.165, 1.54) is 0 Å². The fourth-order valence-corrected chi connectivity index (χ4v) is 1.94. The van der Waals surface area contributed by atoms with E-state index in [-0.39, 0.29) is 0 Å². The molecular formula is C15H22N2O. The smallest absolute Gasteiger partial charge is 0.0992 e. The van der Waals surface area contributed by atoms with Gasteiger partial charge in [0.2, 0.25) is 0 Å². The highest BCUT2D eigenvalue weighted by molar-refractivity contribution is 5.58. The van der Waals surface area contributed by atoms with Crippen LogP contribution in [0.25, 0.3) is 0 Å². The van der Waals surface area contributed by atoms with Crippen molar-refractivity contribution in [3.8, 4) is 6.07 Å². The van der Waals surface area contributed by atoms with E-state index in [4.69, 9.17) is 5.26 Å². The first-order chi connectivity index (χ1) is 8.38. The highest BCUT2D eigenvalue weighted by Gasteiger charge is 2.18. The molecule has 1 rings (SSSR count). The molecule has 2 atom stereocenters. The van der Waals surface area contributed by atoms with Gasteiger partial charge in [0.25, 0.3) is 0 Å². The summed E-state index contributed by atoms with van der Waals surface area (Å²) in [6.45, 7) is 8.23. The van der Waals surface area contributed by atoms with Crippen LogP contribution in [0.1, 0.15) is 44.9 Å². The van der Waals surface area contributed by atoms with E-state index in [2.05, 4.69) is 31.7 Å². The third-order valence-electron chi connectivity index (χ3n) is 3.57. The maximum absolute atomic E-state index is 9.83. The van der Waals surface area contributed by atoms with Crippen LogP contribution in [0.3, 0.4) is 0 Å². The molecular weight excluding hydrogens is 224 g/mol. The van der Waals surface area contributed by atoms with E-state index in [1.54, 1.807) is 13.0 Å². The molecule has 1 aromatic rings. The molecule has 1 N–H and O–H groups in total. The number of nitrogens with zero attached hydrogens (tertiary/aromatic N) is 2. The molecule has 0 heterocycles. The molecule has 0 fully saturated rings. The highest BCUT2D eigenvalue weighted by atomic mass is 16.3. The molecule has 98 valence electrons. The summed E-state index contributed by atoms with van der Waals surface area (Å²) in [6, 6.07) is 7.93. The van der Waals surface area contributed by atoms with Gasteiger partial charge in [-0.25, -0.2) is 0 Å². The summed E-state index contributed by atoms with van der Waals surface area (Å²) in [7, 11) is 2.01. The number of benzene rings is 1. The third kappa shape index (κ3) is 3.02. The molecule has 0 saturated heterocycles. The Bertz CT molecular complexity index is 446. The highest BCUT2D eigenvalue weighted by Crippen LogP contribution is 2.29. The summed E-state index contributed by atoms with van der Waals surface area (Å²) < 4.78 is 0. The van der Waals surface area contributed by atoms with Crippen molar-refractivity contribution in [2.45, 2.75) is 39.8 Å². The van der Waals surface area contributed by atoms with E-state index >= 15 is 0 Å². The molecule has 0 aliphatic rings. The lowest BCUT2D eigenvalue weighted by atomic mass is 10.00. The maximum Gasteiger partial charge on any atom is 0.0992 e. The first-order valence-electron chi connectivity index (χ1n) is 6.33. The molecule has 0 saturated carbocycles. The van der Waals surface area contributed by atoms with E-state index in [0.717, 1.165) is 11.3 Å². The Balaban J connectivity index is 3.23. The van der Waals surface area contributed by atoms with Crippen LogP contribution in [0.2, 0.25) is 0 Å². The Labute approximate surface area is 110 Å². The number of aliphatic hydroxyl groups is 1. The Morgan fingerprint density at radius 3 is 2.28 bits per heavy atom. The molecule has 18 heavy (non-hydrogen) atoms. The molecule has 0 aromatic heterocycles. The molecule has 3 heteroatoms. The predicted octanol–water partition coefficient (Wildman–Crippen LogP) is 3.09. The number of anilines is 1. The lowest BCUT2D eigenvalue weighted by Crippen LogP contribution is -2.34. The molecule has 0 radical (unpaired) electrons. The van der Waals surface area contributed by atoms with Crippen LogP contribution in [0, 0.1) is 17.2 Å². The maximum atomic E-state index is 9.83. The molecule has 3 nitrogen and oxygen atoms in total. The van der Waals surface area contributed by atoms with Gasteiger partial charge in [-0.3, -0.25) is 0 Å². The van der Waals surface area contributed by atoms with Gasteiger partial charge in [-0.1, -0.05) is 19.9 Å². The van der Waals surface area contributed by atoms with Gasteiger partial charge in [0.15, 0.2) is 0 Å². The summed E-state index contributed by atoms with van der Waals surface area (Å²) in [5.74, 6) is 0.502. The van der Waals surface area contributed by atoms with Gasteiger partial charge >= 0.3 is 0 Å². The zero-order valence-electron chi connectivity index (χ0n) is 11.8. The summed E-state index contributed by atoms with van der Waals surface area (Å²) >= 11 is 0. The average Bonchev–Trinajstić information content (AvgIpc) is 2.35. The van der Waals surface area contributed by atoms with Gasteiger partial charge in [-0.2, -0.15) is 5.26 Å². The van der Waals surface area contributed by atoms with Crippen LogP contribution >= 0.6 is 0 Å². The summed E-state index contributed by atoms with van der Waals surface area (Å²) in [4.78, 5) is 2.13. The van der Waals surface area contributed by atoms with Crippen molar-refractivity contribution in [1.29, 1.82) is 5.26 Å². The van der Waals surface area contributed by atoms with Crippen molar-refractivity contribution in [3.05, 3.63) is 29.3 Å². The van der Waals surface area contributed by atoms with Crippen LogP contribution in [-0.4, -0.2) is 18.2 Å². The fourth-order valence-electron chi connectivity index (χ4n) is 1.94. The first kappa shape index (κ1) is 14.5. The van der Waals surface area contributed by atoms with Gasteiger partial charge in [0, 0.05) is 24.3 Å². The SMILES string of the molecule is CC(C)C(C)N(C)c1cc(C#N)ccc1[C@H](C)O. The zero-order valence-corrected chi connectivity index (χ0v) is 11.8. The van der Waals surface area contributed by atoms with E-state index < -0.39 is 6.10 Å². The second kappa shape index (κ2) is 5.88. The zero-order chi connectivity index (χ0) is 13.9. The Morgan fingerprint density at radius 2 is 1.83 bits per heavy atom. The van der Waals surface area contributed by atoms with Crippen molar-refractivity contribution in [2.24, 2.45) is 5.92 Å². The van der Waals surface area contributed by atoms with Crippen molar-refractivity contribution in [1.82, 2.24) is 0 Å². The van der Waals surface area contributed by atoms with Crippen LogP contribution in [-0.2, 0) is 0 Å². The summed E-state index contributed by atoms with van der Waals surface area (Å²) in [6.07, 6.45) is -0.533. The number of rotatable bonds is 4. The van der Waals surface area contributed by atoms with Gasteiger partial charge in [0.1, 0.15) is 0 Å². The minimum Gasteiger partial charge on any atom is -0.389 e. The standard InChI is InChI=1S/C15H22N2O/c1-10(2)11(3)17(5)15-8-13(9-16)6-7-14(15)12(4)18/h6-8,10-12,18H,1-5H3/t11?,12-/m0/s1. The molecule has 0 bridgehead atoms. The Hall–Kier alpha value is -1.53. The van der Waals surface area contributed by atoms with Gasteiger partial charge < -0.3 is 10.0 Å². The molecule has 0 amide bonds. The topological polar surface area (TPSA) is 47.3 Å². The second-order valence-electron chi connectivity index (χ2n) is 5.16. The number of hydrogen-bond acceptors (Lipinski definition) is 3. The van der Waals surface area contributed by atoms with Crippen LogP contribution < -0.4 is 4.90 Å². The van der Waals surface area contributed by atoms with E-state index in [0.29, 0.717) is 17.5 Å². The Morgan fingerprint density at radius 1 is 1.22 bits per heavy atom. The number of hydrogen-bond donors (Lipinski definition) is 1. The molecule has 1 aromatic carbocycles. The minimum absolute atomic E-state index is 0.344. The first-order valence-corrected chi connectivity index (χ1v) is 6.33. The lowest BCUT2D eigenvalue weighted by molar-refractivity contribution is 0.199. The summed E-state index contributed by atoms with van der Waals surface area (Å²) in [5.41, 5.74) is 2.42. The largest absolute Gasteiger partial charge is 0.389 e. The van der Waals surface area contributed by atoms with E-state index in [1.807, 2.05) is 19.2 Å². The van der Waals surface area contributed by atoms with Crippen LogP contribution in [0.4, 0.5) is 5.69 Å². The van der Waals surface area contributed by atoms with Crippen molar-refractivity contribution < 1.29 is 5.11 Å². The number of nitriles is 1. The molecule has 0 spiro atoms. The van der Waals surface area contributed by atoms with E-state index in [9.17, 15) is 5.11 Å². The van der Waals surface area contributed by atoms with Gasteiger partial charge in [-0.15, -0.1) is 0 Å². The fraction of sp³-hybridized carbons (Fsp3) is 0.533. The van der Waals surface area contributed by atoms with Crippen LogP contribution in [0.5, 0.6) is 0 Å². The summed E-state index contributed by atoms with van der Waals surface area (Å²) in [5, 5.41) is 18.8. The molecule has 1 unspecified atom stereocenters. The van der Waals surface area contributed by atoms with Crippen molar-refractivity contribution >= 4 is 5.69 Å². The Kier molecular flexibility index (Phi) is 4.75. The normalized spacial score (nSPS) is 14.1. The van der Waals surface area contributed by atoms with Gasteiger partial charge in [0.05, 0.1) is 17.7 Å². The number of aliphatic hydroxyl groups excluding tert-OH is 1. The van der Waals surface area contributed by atoms with Gasteiger partial charge in [-0.05, 0) is 31.9 Å². The third-order valence-corrected chi connectivity index (χ3v) is 3.57. The minimum atomic E-state index is -0.533. The van der Waals surface area contributed by atoms with Crippen molar-refractivity contribution in [2.75, 3.05) is 11.9 Å². The monoisotopic (exact) mass is 246 g/mol. The second-order valence-corrected chi connectivity index (χ2v) is 5.16. The lowest BCUT2D eigenvalue weighted by Gasteiger charge is -2.32. The average molecular weight is 246 g/mol. The molecule has 0 aliphatic carbocycles. The van der Waals surface area contributed by atoms with Crippen LogP contribution in [0.15, 0.2) is 18.2 Å².